The van der Waals surface area contributed by atoms with Crippen molar-refractivity contribution in [1.29, 1.82) is 0 Å². The van der Waals surface area contributed by atoms with Gasteiger partial charge in [0.1, 0.15) is 11.6 Å². The van der Waals surface area contributed by atoms with Crippen molar-refractivity contribution in [1.82, 2.24) is 14.9 Å². The van der Waals surface area contributed by atoms with Crippen molar-refractivity contribution in [2.45, 2.75) is 44.4 Å². The Bertz CT molecular complexity index is 827. The highest BCUT2D eigenvalue weighted by atomic mass is 19.1. The number of nitrogen functional groups attached to an aromatic ring is 1. The molecule has 0 bridgehead atoms. The van der Waals surface area contributed by atoms with Gasteiger partial charge in [-0.2, -0.15) is 4.98 Å². The molecule has 2 heterocycles. The number of piperidine rings is 1. The van der Waals surface area contributed by atoms with E-state index >= 15 is 0 Å². The molecule has 2 fully saturated rings. The number of rotatable bonds is 4. The first-order valence-corrected chi connectivity index (χ1v) is 10.0. The maximum atomic E-state index is 13.0. The number of nitrogens with one attached hydrogen (secondary N) is 1. The van der Waals surface area contributed by atoms with Crippen molar-refractivity contribution in [2.75, 3.05) is 24.1 Å². The Balaban J connectivity index is 1.37. The van der Waals surface area contributed by atoms with Gasteiger partial charge in [-0.25, -0.2) is 9.37 Å². The lowest BCUT2D eigenvalue weighted by atomic mass is 9.90. The zero-order valence-electron chi connectivity index (χ0n) is 15.9. The van der Waals surface area contributed by atoms with Crippen LogP contribution in [0, 0.1) is 11.7 Å². The largest absolute Gasteiger partial charge is 0.383 e. The summed E-state index contributed by atoms with van der Waals surface area (Å²) >= 11 is 0. The number of nitrogens with two attached hydrogens (primary N) is 1. The van der Waals surface area contributed by atoms with Crippen LogP contribution in [0.5, 0.6) is 0 Å². The van der Waals surface area contributed by atoms with Crippen molar-refractivity contribution in [3.63, 3.8) is 0 Å². The Kier molecular flexibility index (Phi) is 5.41. The van der Waals surface area contributed by atoms with Crippen LogP contribution in [0.15, 0.2) is 30.5 Å². The number of halogens is 1. The minimum atomic E-state index is -0.293. The highest BCUT2D eigenvalue weighted by Gasteiger charge is 2.31. The van der Waals surface area contributed by atoms with Crippen LogP contribution in [-0.2, 0) is 4.79 Å². The predicted molar refractivity (Wildman–Crippen MR) is 107 cm³/mol. The van der Waals surface area contributed by atoms with E-state index in [9.17, 15) is 9.18 Å². The summed E-state index contributed by atoms with van der Waals surface area (Å²) in [4.78, 5) is 23.4. The first-order chi connectivity index (χ1) is 13.6. The van der Waals surface area contributed by atoms with E-state index in [0.29, 0.717) is 23.4 Å². The van der Waals surface area contributed by atoms with Crippen LogP contribution in [0.3, 0.4) is 0 Å². The van der Waals surface area contributed by atoms with E-state index < -0.39 is 0 Å². The third-order valence-corrected chi connectivity index (χ3v) is 5.90. The maximum absolute atomic E-state index is 13.0. The summed E-state index contributed by atoms with van der Waals surface area (Å²) in [6.45, 7) is 1.55. The minimum Gasteiger partial charge on any atom is -0.383 e. The van der Waals surface area contributed by atoms with Gasteiger partial charge in [0.25, 0.3) is 0 Å². The van der Waals surface area contributed by atoms with E-state index in [1.165, 1.54) is 25.0 Å². The minimum absolute atomic E-state index is 0.238. The molecule has 1 amide bonds. The van der Waals surface area contributed by atoms with Crippen LogP contribution in [0.1, 0.15) is 50.0 Å². The molecule has 4 rings (SSSR count). The molecule has 1 aliphatic heterocycles. The number of nitrogens with zero attached hydrogens (tertiary/aromatic N) is 3. The van der Waals surface area contributed by atoms with Crippen LogP contribution in [0.25, 0.3) is 0 Å². The van der Waals surface area contributed by atoms with Gasteiger partial charge in [-0.1, -0.05) is 12.8 Å². The molecule has 0 unspecified atom stereocenters. The SMILES string of the molecule is Nc1nc(Nc2ccc(F)cc2)ncc1C1CCN(C(=O)C2CCCC2)CC1. The monoisotopic (exact) mass is 383 g/mol. The molecule has 1 saturated carbocycles. The van der Waals surface area contributed by atoms with Crippen LogP contribution in [-0.4, -0.2) is 33.9 Å². The van der Waals surface area contributed by atoms with Crippen molar-refractivity contribution >= 4 is 23.4 Å². The maximum Gasteiger partial charge on any atom is 0.229 e. The fourth-order valence-corrected chi connectivity index (χ4v) is 4.28. The molecule has 148 valence electrons. The Hall–Kier alpha value is -2.70. The van der Waals surface area contributed by atoms with Crippen LogP contribution < -0.4 is 11.1 Å². The Morgan fingerprint density at radius 3 is 2.43 bits per heavy atom. The van der Waals surface area contributed by atoms with E-state index in [1.807, 2.05) is 4.90 Å². The quantitative estimate of drug-likeness (QED) is 0.838. The topological polar surface area (TPSA) is 84.1 Å². The number of likely N-dealkylation sites (tertiary alicyclic amines) is 1. The van der Waals surface area contributed by atoms with E-state index in [4.69, 9.17) is 5.73 Å². The third kappa shape index (κ3) is 4.08. The van der Waals surface area contributed by atoms with Crippen molar-refractivity contribution in [2.24, 2.45) is 5.92 Å². The van der Waals surface area contributed by atoms with Crippen LogP contribution >= 0.6 is 0 Å². The zero-order chi connectivity index (χ0) is 19.5. The number of hydrogen-bond acceptors (Lipinski definition) is 5. The summed E-state index contributed by atoms with van der Waals surface area (Å²) < 4.78 is 13.0. The summed E-state index contributed by atoms with van der Waals surface area (Å²) in [5.74, 6) is 1.40. The molecule has 1 aromatic heterocycles. The second kappa shape index (κ2) is 8.12. The Morgan fingerprint density at radius 2 is 1.79 bits per heavy atom. The molecule has 1 aromatic carbocycles. The highest BCUT2D eigenvalue weighted by molar-refractivity contribution is 5.79. The molecule has 0 atom stereocenters. The average molecular weight is 383 g/mol. The van der Waals surface area contributed by atoms with Crippen LogP contribution in [0.2, 0.25) is 0 Å². The van der Waals surface area contributed by atoms with E-state index in [0.717, 1.165) is 44.3 Å². The number of anilines is 3. The second-order valence-electron chi connectivity index (χ2n) is 7.75. The van der Waals surface area contributed by atoms with Gasteiger partial charge in [-0.15, -0.1) is 0 Å². The molecule has 1 saturated heterocycles. The van der Waals surface area contributed by atoms with Gasteiger partial charge in [0.2, 0.25) is 11.9 Å². The van der Waals surface area contributed by atoms with Gasteiger partial charge >= 0.3 is 0 Å². The molecule has 28 heavy (non-hydrogen) atoms. The van der Waals surface area contributed by atoms with Gasteiger partial charge in [-0.05, 0) is 55.9 Å². The first kappa shape index (κ1) is 18.7. The lowest BCUT2D eigenvalue weighted by Gasteiger charge is -2.34. The normalized spacial score (nSPS) is 18.4. The molecule has 1 aliphatic carbocycles. The number of amides is 1. The fraction of sp³-hybridized carbons (Fsp3) is 0.476. The third-order valence-electron chi connectivity index (χ3n) is 5.90. The van der Waals surface area contributed by atoms with Gasteiger partial charge < -0.3 is 16.0 Å². The molecule has 0 spiro atoms. The molecule has 2 aliphatic rings. The Morgan fingerprint density at radius 1 is 1.11 bits per heavy atom. The second-order valence-corrected chi connectivity index (χ2v) is 7.75. The number of benzene rings is 1. The number of aromatic nitrogens is 2. The molecule has 2 aromatic rings. The Labute approximate surface area is 164 Å². The number of carbonyl (C=O) groups excluding carboxylic acids is 1. The summed E-state index contributed by atoms with van der Waals surface area (Å²) in [5, 5.41) is 3.03. The van der Waals surface area contributed by atoms with Gasteiger partial charge in [0.15, 0.2) is 0 Å². The highest BCUT2D eigenvalue weighted by Crippen LogP contribution is 2.33. The smallest absolute Gasteiger partial charge is 0.229 e. The molecular formula is C21H26FN5O. The van der Waals surface area contributed by atoms with E-state index in [-0.39, 0.29) is 17.7 Å². The van der Waals surface area contributed by atoms with Crippen molar-refractivity contribution < 1.29 is 9.18 Å². The lowest BCUT2D eigenvalue weighted by molar-refractivity contribution is -0.136. The lowest BCUT2D eigenvalue weighted by Crippen LogP contribution is -2.40. The molecular weight excluding hydrogens is 357 g/mol. The predicted octanol–water partition coefficient (Wildman–Crippen LogP) is 3.84. The molecule has 6 nitrogen and oxygen atoms in total. The number of carbonyl (C=O) groups is 1. The van der Waals surface area contributed by atoms with Gasteiger partial charge in [0.05, 0.1) is 0 Å². The molecule has 3 N–H and O–H groups in total. The summed E-state index contributed by atoms with van der Waals surface area (Å²) in [5.41, 5.74) is 7.84. The fourth-order valence-electron chi connectivity index (χ4n) is 4.28. The number of hydrogen-bond donors (Lipinski definition) is 2. The summed E-state index contributed by atoms with van der Waals surface area (Å²) in [7, 11) is 0. The van der Waals surface area contributed by atoms with E-state index in [2.05, 4.69) is 15.3 Å². The molecule has 7 heteroatoms. The van der Waals surface area contributed by atoms with Crippen molar-refractivity contribution in [3.05, 3.63) is 41.8 Å². The van der Waals surface area contributed by atoms with Crippen molar-refractivity contribution in [3.8, 4) is 0 Å². The standard InChI is InChI=1S/C21H26FN5O/c22-16-5-7-17(8-6-16)25-21-24-13-18(19(23)26-21)14-9-11-27(12-10-14)20(28)15-3-1-2-4-15/h5-8,13-15H,1-4,9-12H2,(H3,23,24,25,26). The summed E-state index contributed by atoms with van der Waals surface area (Å²) in [6.07, 6.45) is 7.99. The van der Waals surface area contributed by atoms with Gasteiger partial charge in [0, 0.05) is 36.5 Å². The zero-order valence-corrected chi connectivity index (χ0v) is 15.9. The van der Waals surface area contributed by atoms with Gasteiger partial charge in [-0.3, -0.25) is 4.79 Å². The average Bonchev–Trinajstić information content (AvgIpc) is 3.24. The molecule has 0 radical (unpaired) electrons. The van der Waals surface area contributed by atoms with Crippen LogP contribution in [0.4, 0.5) is 21.8 Å². The summed E-state index contributed by atoms with van der Waals surface area (Å²) in [6, 6.07) is 6.00. The first-order valence-electron chi connectivity index (χ1n) is 10.0. The van der Waals surface area contributed by atoms with E-state index in [1.54, 1.807) is 18.3 Å².